The van der Waals surface area contributed by atoms with Crippen LogP contribution in [0.3, 0.4) is 0 Å². The Bertz CT molecular complexity index is 794. The maximum atomic E-state index is 10.1. The van der Waals surface area contributed by atoms with Crippen LogP contribution in [0, 0.1) is 0 Å². The molecular formula is C22H30BNO4. The van der Waals surface area contributed by atoms with Crippen LogP contribution in [0.2, 0.25) is 0 Å². The largest absolute Gasteiger partial charge is 0.492 e. The zero-order chi connectivity index (χ0) is 20.4. The first kappa shape index (κ1) is 20.9. The molecule has 2 aromatic carbocycles. The highest BCUT2D eigenvalue weighted by Gasteiger charge is 2.36. The minimum atomic E-state index is -0.958. The summed E-state index contributed by atoms with van der Waals surface area (Å²) in [5, 5.41) is 10.1. The van der Waals surface area contributed by atoms with E-state index < -0.39 is 12.7 Å². The molecule has 3 N–H and O–H groups in total. The highest BCUT2D eigenvalue weighted by Crippen LogP contribution is 2.31. The van der Waals surface area contributed by atoms with Gasteiger partial charge in [-0.25, -0.2) is 0 Å². The standard InChI is InChI=1S/C22H30BNO4/c1-21(2,26-14-16-8-6-5-7-9-16)15-22(3,4)27-17-10-11-18-19(12-17)23(25)28-20(18)13-24/h5-12,20,25H,13-15,24H2,1-4H3. The van der Waals surface area contributed by atoms with E-state index in [4.69, 9.17) is 19.9 Å². The Labute approximate surface area is 167 Å². The zero-order valence-electron chi connectivity index (χ0n) is 17.1. The Morgan fingerprint density at radius 1 is 1.07 bits per heavy atom. The number of benzene rings is 2. The van der Waals surface area contributed by atoms with Crippen molar-refractivity contribution in [2.45, 2.75) is 58.0 Å². The van der Waals surface area contributed by atoms with E-state index in [9.17, 15) is 5.02 Å². The molecule has 0 bridgehead atoms. The van der Waals surface area contributed by atoms with Gasteiger partial charge in [0.05, 0.1) is 18.3 Å². The first-order valence-corrected chi connectivity index (χ1v) is 9.73. The smallest absolute Gasteiger partial charge is 0.488 e. The summed E-state index contributed by atoms with van der Waals surface area (Å²) in [6.45, 7) is 9.14. The van der Waals surface area contributed by atoms with Crippen LogP contribution in [0.5, 0.6) is 5.75 Å². The molecule has 1 aliphatic heterocycles. The van der Waals surface area contributed by atoms with Crippen molar-refractivity contribution in [3.8, 4) is 5.75 Å². The molecule has 0 radical (unpaired) electrons. The summed E-state index contributed by atoms with van der Waals surface area (Å²) >= 11 is 0. The molecule has 0 aromatic heterocycles. The van der Waals surface area contributed by atoms with Gasteiger partial charge in [-0.3, -0.25) is 0 Å². The molecule has 0 saturated carbocycles. The number of ether oxygens (including phenoxy) is 2. The van der Waals surface area contributed by atoms with E-state index in [1.165, 1.54) is 0 Å². The molecule has 1 unspecified atom stereocenters. The van der Waals surface area contributed by atoms with E-state index in [0.29, 0.717) is 25.3 Å². The van der Waals surface area contributed by atoms with E-state index in [1.807, 2.05) is 50.2 Å². The Balaban J connectivity index is 1.64. The van der Waals surface area contributed by atoms with Gasteiger partial charge in [0.2, 0.25) is 0 Å². The molecule has 1 atom stereocenters. The van der Waals surface area contributed by atoms with Crippen LogP contribution < -0.4 is 15.9 Å². The highest BCUT2D eigenvalue weighted by atomic mass is 16.5. The van der Waals surface area contributed by atoms with E-state index in [-0.39, 0.29) is 11.7 Å². The summed E-state index contributed by atoms with van der Waals surface area (Å²) in [6, 6.07) is 15.8. The number of hydrogen-bond donors (Lipinski definition) is 2. The number of hydrogen-bond acceptors (Lipinski definition) is 5. The van der Waals surface area contributed by atoms with E-state index >= 15 is 0 Å². The maximum Gasteiger partial charge on any atom is 0.492 e. The molecule has 1 aliphatic rings. The molecule has 3 rings (SSSR count). The number of nitrogens with two attached hydrogens (primary N) is 1. The fourth-order valence-corrected chi connectivity index (χ4v) is 3.89. The van der Waals surface area contributed by atoms with Gasteiger partial charge in [-0.05, 0) is 56.4 Å². The van der Waals surface area contributed by atoms with Gasteiger partial charge < -0.3 is 24.9 Å². The van der Waals surface area contributed by atoms with Crippen LogP contribution in [0.25, 0.3) is 0 Å². The van der Waals surface area contributed by atoms with Crippen LogP contribution >= 0.6 is 0 Å². The highest BCUT2D eigenvalue weighted by molar-refractivity contribution is 6.61. The molecule has 2 aromatic rings. The van der Waals surface area contributed by atoms with Crippen LogP contribution in [0.4, 0.5) is 0 Å². The van der Waals surface area contributed by atoms with Crippen molar-refractivity contribution in [1.82, 2.24) is 0 Å². The summed E-state index contributed by atoms with van der Waals surface area (Å²) in [7, 11) is -0.958. The minimum absolute atomic E-state index is 0.266. The predicted octanol–water partition coefficient (Wildman–Crippen LogP) is 2.95. The molecule has 0 spiro atoms. The fourth-order valence-electron chi connectivity index (χ4n) is 3.89. The lowest BCUT2D eigenvalue weighted by molar-refractivity contribution is -0.0737. The van der Waals surface area contributed by atoms with Gasteiger partial charge in [0.25, 0.3) is 0 Å². The second kappa shape index (κ2) is 8.25. The van der Waals surface area contributed by atoms with Crippen LogP contribution in [-0.2, 0) is 16.0 Å². The first-order valence-electron chi connectivity index (χ1n) is 9.73. The second-order valence-electron chi connectivity index (χ2n) is 8.58. The van der Waals surface area contributed by atoms with Crippen molar-refractivity contribution in [3.63, 3.8) is 0 Å². The third-order valence-corrected chi connectivity index (χ3v) is 4.90. The summed E-state index contributed by atoms with van der Waals surface area (Å²) < 4.78 is 17.9. The zero-order valence-corrected chi connectivity index (χ0v) is 17.1. The molecule has 0 saturated heterocycles. The summed E-state index contributed by atoms with van der Waals surface area (Å²) in [5.74, 6) is 0.697. The third-order valence-electron chi connectivity index (χ3n) is 4.90. The molecular weight excluding hydrogens is 353 g/mol. The SMILES string of the molecule is CC(C)(CC(C)(C)Oc1ccc2c(c1)B(O)OC2CN)OCc1ccccc1. The van der Waals surface area contributed by atoms with Gasteiger partial charge in [0.15, 0.2) is 0 Å². The lowest BCUT2D eigenvalue weighted by Crippen LogP contribution is -2.39. The average Bonchev–Trinajstić information content (AvgIpc) is 2.95. The third kappa shape index (κ3) is 5.14. The van der Waals surface area contributed by atoms with Crippen molar-refractivity contribution < 1.29 is 19.2 Å². The van der Waals surface area contributed by atoms with Crippen LogP contribution in [0.1, 0.15) is 51.3 Å². The fraction of sp³-hybridized carbons (Fsp3) is 0.455. The van der Waals surface area contributed by atoms with Crippen molar-refractivity contribution in [2.75, 3.05) is 6.54 Å². The lowest BCUT2D eigenvalue weighted by atomic mass is 9.79. The van der Waals surface area contributed by atoms with E-state index in [0.717, 1.165) is 16.6 Å². The molecule has 0 amide bonds. The van der Waals surface area contributed by atoms with Gasteiger partial charge >= 0.3 is 7.12 Å². The number of rotatable bonds is 8. The van der Waals surface area contributed by atoms with Gasteiger partial charge in [-0.1, -0.05) is 36.4 Å². The molecule has 0 fully saturated rings. The Morgan fingerprint density at radius 3 is 2.46 bits per heavy atom. The molecule has 5 nitrogen and oxygen atoms in total. The van der Waals surface area contributed by atoms with Crippen molar-refractivity contribution in [2.24, 2.45) is 5.73 Å². The summed E-state index contributed by atoms with van der Waals surface area (Å²) in [4.78, 5) is 0. The normalized spacial score (nSPS) is 16.9. The first-order chi connectivity index (χ1) is 13.2. The second-order valence-corrected chi connectivity index (χ2v) is 8.58. The van der Waals surface area contributed by atoms with Crippen molar-refractivity contribution in [3.05, 3.63) is 59.7 Å². The monoisotopic (exact) mass is 383 g/mol. The van der Waals surface area contributed by atoms with Crippen LogP contribution in [0.15, 0.2) is 48.5 Å². The van der Waals surface area contributed by atoms with Crippen molar-refractivity contribution in [1.29, 1.82) is 0 Å². The van der Waals surface area contributed by atoms with E-state index in [1.54, 1.807) is 0 Å². The summed E-state index contributed by atoms with van der Waals surface area (Å²) in [5.41, 5.74) is 7.70. The van der Waals surface area contributed by atoms with Crippen LogP contribution in [-0.4, -0.2) is 29.9 Å². The lowest BCUT2D eigenvalue weighted by Gasteiger charge is -2.35. The number of fused-ring (bicyclic) bond motifs is 1. The van der Waals surface area contributed by atoms with E-state index in [2.05, 4.69) is 26.0 Å². The van der Waals surface area contributed by atoms with Gasteiger partial charge in [-0.2, -0.15) is 0 Å². The maximum absolute atomic E-state index is 10.1. The van der Waals surface area contributed by atoms with Gasteiger partial charge in [-0.15, -0.1) is 0 Å². The summed E-state index contributed by atoms with van der Waals surface area (Å²) in [6.07, 6.45) is 0.436. The molecule has 6 heteroatoms. The van der Waals surface area contributed by atoms with Gasteiger partial charge in [0, 0.05) is 13.0 Å². The molecule has 1 heterocycles. The molecule has 0 aliphatic carbocycles. The van der Waals surface area contributed by atoms with Gasteiger partial charge in [0.1, 0.15) is 11.4 Å². The Morgan fingerprint density at radius 2 is 1.79 bits per heavy atom. The Hall–Kier alpha value is -1.86. The minimum Gasteiger partial charge on any atom is -0.488 e. The quantitative estimate of drug-likeness (QED) is 0.686. The molecule has 28 heavy (non-hydrogen) atoms. The van der Waals surface area contributed by atoms with Crippen molar-refractivity contribution >= 4 is 12.6 Å². The molecule has 150 valence electrons. The topological polar surface area (TPSA) is 73.9 Å². The average molecular weight is 383 g/mol. The Kier molecular flexibility index (Phi) is 6.15. The predicted molar refractivity (Wildman–Crippen MR) is 112 cm³/mol.